The van der Waals surface area contributed by atoms with Gasteiger partial charge in [-0.05, 0) is 12.5 Å². The predicted molar refractivity (Wildman–Crippen MR) is 55.8 cm³/mol. The fraction of sp³-hybridized carbons (Fsp3) is 0.182. The summed E-state index contributed by atoms with van der Waals surface area (Å²) in [6, 6.07) is 1.85. The number of H-pyrrole nitrogens is 1. The zero-order valence-electron chi connectivity index (χ0n) is 7.73. The summed E-state index contributed by atoms with van der Waals surface area (Å²) in [7, 11) is 0. The van der Waals surface area contributed by atoms with E-state index in [0.717, 1.165) is 11.8 Å². The molecule has 0 fully saturated rings. The molecule has 3 heteroatoms. The van der Waals surface area contributed by atoms with Crippen LogP contribution in [0.1, 0.15) is 12.0 Å². The number of anilines is 1. The van der Waals surface area contributed by atoms with Gasteiger partial charge in [-0.2, -0.15) is 0 Å². The fourth-order valence-electron chi connectivity index (χ4n) is 1.78. The summed E-state index contributed by atoms with van der Waals surface area (Å²) in [4.78, 5) is 14.1. The third-order valence-electron chi connectivity index (χ3n) is 2.59. The summed E-state index contributed by atoms with van der Waals surface area (Å²) in [5, 5.41) is 0. The number of nitrogens with two attached hydrogens (primary N) is 1. The number of hydrogen-bond acceptors (Lipinski definition) is 2. The Kier molecular flexibility index (Phi) is 2.00. The van der Waals surface area contributed by atoms with Crippen LogP contribution in [0.15, 0.2) is 36.6 Å². The second-order valence-electron chi connectivity index (χ2n) is 3.45. The number of carbonyl (C=O) groups is 1. The molecule has 1 aromatic rings. The molecular weight excluding hydrogens is 176 g/mol. The highest BCUT2D eigenvalue weighted by Crippen LogP contribution is 2.33. The van der Waals surface area contributed by atoms with Crippen molar-refractivity contribution >= 4 is 12.1 Å². The number of allylic oxidation sites excluding steroid dienone is 4. The lowest BCUT2D eigenvalue weighted by atomic mass is 9.77. The Morgan fingerprint density at radius 3 is 2.86 bits per heavy atom. The van der Waals surface area contributed by atoms with Crippen molar-refractivity contribution in [2.24, 2.45) is 0 Å². The SMILES string of the molecule is Nc1[nH]ccc1C1(C=O)C=CC=CC1. The van der Waals surface area contributed by atoms with Crippen LogP contribution in [-0.2, 0) is 10.2 Å². The maximum Gasteiger partial charge on any atom is 0.134 e. The molecule has 14 heavy (non-hydrogen) atoms. The summed E-state index contributed by atoms with van der Waals surface area (Å²) in [6.07, 6.45) is 11.1. The molecule has 2 rings (SSSR count). The summed E-state index contributed by atoms with van der Waals surface area (Å²) >= 11 is 0. The van der Waals surface area contributed by atoms with Gasteiger partial charge in [-0.3, -0.25) is 0 Å². The zero-order chi connectivity index (χ0) is 10.0. The van der Waals surface area contributed by atoms with E-state index in [2.05, 4.69) is 4.98 Å². The van der Waals surface area contributed by atoms with Gasteiger partial charge < -0.3 is 15.5 Å². The van der Waals surface area contributed by atoms with Gasteiger partial charge in [0.05, 0.1) is 5.41 Å². The Morgan fingerprint density at radius 2 is 2.36 bits per heavy atom. The van der Waals surface area contributed by atoms with E-state index < -0.39 is 5.41 Å². The van der Waals surface area contributed by atoms with Crippen LogP contribution in [0.5, 0.6) is 0 Å². The van der Waals surface area contributed by atoms with Crippen LogP contribution in [-0.4, -0.2) is 11.3 Å². The molecule has 1 aromatic heterocycles. The summed E-state index contributed by atoms with van der Waals surface area (Å²) in [5.41, 5.74) is 6.04. The van der Waals surface area contributed by atoms with Gasteiger partial charge in [0.1, 0.15) is 12.1 Å². The van der Waals surface area contributed by atoms with Crippen molar-refractivity contribution < 1.29 is 4.79 Å². The maximum absolute atomic E-state index is 11.2. The molecule has 1 heterocycles. The van der Waals surface area contributed by atoms with Crippen molar-refractivity contribution in [2.45, 2.75) is 11.8 Å². The summed E-state index contributed by atoms with van der Waals surface area (Å²) < 4.78 is 0. The van der Waals surface area contributed by atoms with Gasteiger partial charge in [0, 0.05) is 11.8 Å². The number of nitrogen functional groups attached to an aromatic ring is 1. The molecule has 1 aliphatic carbocycles. The van der Waals surface area contributed by atoms with Crippen LogP contribution >= 0.6 is 0 Å². The number of aromatic amines is 1. The Bertz CT molecular complexity index is 403. The third kappa shape index (κ3) is 1.18. The van der Waals surface area contributed by atoms with Crippen molar-refractivity contribution in [1.82, 2.24) is 4.98 Å². The third-order valence-corrected chi connectivity index (χ3v) is 2.59. The van der Waals surface area contributed by atoms with E-state index in [1.807, 2.05) is 30.4 Å². The molecular formula is C11H12N2O. The molecule has 1 unspecified atom stereocenters. The van der Waals surface area contributed by atoms with Crippen LogP contribution < -0.4 is 5.73 Å². The minimum atomic E-state index is -0.571. The fourth-order valence-corrected chi connectivity index (χ4v) is 1.78. The lowest BCUT2D eigenvalue weighted by Crippen LogP contribution is -2.26. The van der Waals surface area contributed by atoms with Crippen LogP contribution in [0.25, 0.3) is 0 Å². The van der Waals surface area contributed by atoms with Gasteiger partial charge in [0.15, 0.2) is 0 Å². The van der Waals surface area contributed by atoms with Crippen molar-refractivity contribution in [2.75, 3.05) is 5.73 Å². The number of aromatic nitrogens is 1. The second kappa shape index (κ2) is 3.18. The molecule has 0 aliphatic heterocycles. The van der Waals surface area contributed by atoms with Crippen LogP contribution in [0.2, 0.25) is 0 Å². The smallest absolute Gasteiger partial charge is 0.134 e. The zero-order valence-corrected chi connectivity index (χ0v) is 7.73. The number of rotatable bonds is 2. The Morgan fingerprint density at radius 1 is 1.50 bits per heavy atom. The van der Waals surface area contributed by atoms with Crippen molar-refractivity contribution in [3.63, 3.8) is 0 Å². The maximum atomic E-state index is 11.2. The summed E-state index contributed by atoms with van der Waals surface area (Å²) in [5.74, 6) is 0.567. The van der Waals surface area contributed by atoms with Gasteiger partial charge in [-0.15, -0.1) is 0 Å². The number of carbonyl (C=O) groups excluding carboxylic acids is 1. The Hall–Kier alpha value is -1.77. The molecule has 0 amide bonds. The van der Waals surface area contributed by atoms with Crippen molar-refractivity contribution in [3.8, 4) is 0 Å². The molecule has 3 N–H and O–H groups in total. The molecule has 3 nitrogen and oxygen atoms in total. The van der Waals surface area contributed by atoms with Gasteiger partial charge >= 0.3 is 0 Å². The highest BCUT2D eigenvalue weighted by atomic mass is 16.1. The topological polar surface area (TPSA) is 58.9 Å². The highest BCUT2D eigenvalue weighted by Gasteiger charge is 2.31. The molecule has 0 saturated carbocycles. The number of aldehydes is 1. The Balaban J connectivity index is 2.48. The van der Waals surface area contributed by atoms with E-state index in [1.54, 1.807) is 6.20 Å². The van der Waals surface area contributed by atoms with Gasteiger partial charge in [-0.1, -0.05) is 24.3 Å². The van der Waals surface area contributed by atoms with Crippen molar-refractivity contribution in [3.05, 3.63) is 42.1 Å². The van der Waals surface area contributed by atoms with E-state index in [-0.39, 0.29) is 0 Å². The lowest BCUT2D eigenvalue weighted by Gasteiger charge is -2.24. The molecule has 1 aliphatic rings. The van der Waals surface area contributed by atoms with Crippen LogP contribution in [0, 0.1) is 0 Å². The van der Waals surface area contributed by atoms with Gasteiger partial charge in [0.25, 0.3) is 0 Å². The predicted octanol–water partition coefficient (Wildman–Crippen LogP) is 1.55. The number of nitrogens with one attached hydrogen (secondary N) is 1. The van der Waals surface area contributed by atoms with Crippen LogP contribution in [0.4, 0.5) is 5.82 Å². The molecule has 0 spiro atoms. The first kappa shape index (κ1) is 8.81. The Labute approximate surface area is 82.3 Å². The van der Waals surface area contributed by atoms with E-state index in [1.165, 1.54) is 0 Å². The number of hydrogen-bond donors (Lipinski definition) is 2. The minimum absolute atomic E-state index is 0.567. The first-order valence-electron chi connectivity index (χ1n) is 4.52. The quantitative estimate of drug-likeness (QED) is 0.692. The largest absolute Gasteiger partial charge is 0.385 e. The van der Waals surface area contributed by atoms with Crippen molar-refractivity contribution in [1.29, 1.82) is 0 Å². The van der Waals surface area contributed by atoms with Crippen LogP contribution in [0.3, 0.4) is 0 Å². The van der Waals surface area contributed by atoms with Gasteiger partial charge in [0.2, 0.25) is 0 Å². The normalized spacial score (nSPS) is 25.1. The molecule has 1 atom stereocenters. The van der Waals surface area contributed by atoms with E-state index in [0.29, 0.717) is 12.2 Å². The molecule has 0 aromatic carbocycles. The molecule has 0 bridgehead atoms. The second-order valence-corrected chi connectivity index (χ2v) is 3.45. The van der Waals surface area contributed by atoms with E-state index in [4.69, 9.17) is 5.73 Å². The first-order chi connectivity index (χ1) is 6.78. The molecule has 72 valence electrons. The monoisotopic (exact) mass is 188 g/mol. The minimum Gasteiger partial charge on any atom is -0.385 e. The average Bonchev–Trinajstić information content (AvgIpc) is 2.66. The van der Waals surface area contributed by atoms with E-state index >= 15 is 0 Å². The van der Waals surface area contributed by atoms with E-state index in [9.17, 15) is 4.79 Å². The molecule has 0 radical (unpaired) electrons. The first-order valence-corrected chi connectivity index (χ1v) is 4.52. The molecule has 0 saturated heterocycles. The highest BCUT2D eigenvalue weighted by molar-refractivity contribution is 5.76. The average molecular weight is 188 g/mol. The summed E-state index contributed by atoms with van der Waals surface area (Å²) in [6.45, 7) is 0. The standard InChI is InChI=1S/C11H12N2O/c12-10-9(4-7-13-10)11(8-14)5-2-1-3-6-11/h1-5,7-8,13H,6,12H2. The lowest BCUT2D eigenvalue weighted by molar-refractivity contribution is -0.111. The van der Waals surface area contributed by atoms with Gasteiger partial charge in [-0.25, -0.2) is 0 Å².